The van der Waals surface area contributed by atoms with Crippen molar-refractivity contribution in [2.45, 2.75) is 26.2 Å². The van der Waals surface area contributed by atoms with Gasteiger partial charge in [0, 0.05) is 32.7 Å². The van der Waals surface area contributed by atoms with Crippen molar-refractivity contribution in [3.8, 4) is 0 Å². The summed E-state index contributed by atoms with van der Waals surface area (Å²) in [5.74, 6) is 0. The second-order valence-corrected chi connectivity index (χ2v) is 3.55. The maximum atomic E-state index is 4.07. The van der Waals surface area contributed by atoms with E-state index in [1.54, 1.807) is 0 Å². The molecule has 2 heteroatoms. The van der Waals surface area contributed by atoms with Crippen molar-refractivity contribution in [2.24, 2.45) is 7.05 Å². The Hall–Kier alpha value is 0.124. The zero-order chi connectivity index (χ0) is 8.72. The Morgan fingerprint density at radius 2 is 2.08 bits per heavy atom. The fraction of sp³-hybridized carbons (Fsp3) is 0.455. The SMILES string of the molecule is C=C1CCCc2c1[c-]c(C)n2C.[Y]. The Bertz CT molecular complexity index is 336. The molecule has 1 aromatic rings. The van der Waals surface area contributed by atoms with E-state index in [-0.39, 0.29) is 32.7 Å². The summed E-state index contributed by atoms with van der Waals surface area (Å²) in [5.41, 5.74) is 5.19. The molecule has 1 aliphatic rings. The number of rotatable bonds is 0. The summed E-state index contributed by atoms with van der Waals surface area (Å²) in [6, 6.07) is 3.38. The van der Waals surface area contributed by atoms with Crippen molar-refractivity contribution < 1.29 is 32.7 Å². The topological polar surface area (TPSA) is 4.93 Å². The zero-order valence-corrected chi connectivity index (χ0v) is 11.2. The predicted octanol–water partition coefficient (Wildman–Crippen LogP) is 2.48. The molecule has 0 saturated heterocycles. The first-order chi connectivity index (χ1) is 5.70. The Balaban J connectivity index is 0.000000845. The van der Waals surface area contributed by atoms with Gasteiger partial charge in [-0.25, -0.2) is 0 Å². The Morgan fingerprint density at radius 1 is 1.38 bits per heavy atom. The number of hydrogen-bond donors (Lipinski definition) is 0. The first-order valence-electron chi connectivity index (χ1n) is 4.46. The fourth-order valence-corrected chi connectivity index (χ4v) is 1.89. The fourth-order valence-electron chi connectivity index (χ4n) is 1.89. The Kier molecular flexibility index (Phi) is 3.53. The van der Waals surface area contributed by atoms with Crippen LogP contribution >= 0.6 is 0 Å². The molecule has 2 rings (SSSR count). The van der Waals surface area contributed by atoms with Crippen LogP contribution in [0.25, 0.3) is 5.57 Å². The van der Waals surface area contributed by atoms with E-state index in [1.807, 2.05) is 0 Å². The number of nitrogens with zero attached hydrogens (tertiary/aromatic N) is 1. The molecule has 0 bridgehead atoms. The van der Waals surface area contributed by atoms with E-state index in [1.165, 1.54) is 35.4 Å². The van der Waals surface area contributed by atoms with Gasteiger partial charge in [-0.2, -0.15) is 23.8 Å². The number of aromatic nitrogens is 1. The largest absolute Gasteiger partial charge is 0.415 e. The molecule has 0 spiro atoms. The molecule has 13 heavy (non-hydrogen) atoms. The van der Waals surface area contributed by atoms with Crippen molar-refractivity contribution in [1.82, 2.24) is 4.57 Å². The Morgan fingerprint density at radius 3 is 2.69 bits per heavy atom. The molecule has 0 fully saturated rings. The molecular formula is C11H14NY-. The molecule has 1 aromatic heterocycles. The molecule has 0 aromatic carbocycles. The van der Waals surface area contributed by atoms with E-state index < -0.39 is 0 Å². The molecule has 0 aliphatic heterocycles. The van der Waals surface area contributed by atoms with Crippen LogP contribution in [0.4, 0.5) is 0 Å². The monoisotopic (exact) mass is 249 g/mol. The summed E-state index contributed by atoms with van der Waals surface area (Å²) in [5, 5.41) is 0. The van der Waals surface area contributed by atoms with Crippen molar-refractivity contribution in [3.63, 3.8) is 0 Å². The summed E-state index contributed by atoms with van der Waals surface area (Å²) in [6.45, 7) is 6.17. The van der Waals surface area contributed by atoms with E-state index in [2.05, 4.69) is 31.2 Å². The minimum absolute atomic E-state index is 0. The van der Waals surface area contributed by atoms with Crippen molar-refractivity contribution >= 4 is 5.57 Å². The number of allylic oxidation sites excluding steroid dienone is 1. The molecule has 0 atom stereocenters. The standard InChI is InChI=1S/C11H14N.Y/c1-8-5-4-6-11-10(8)7-9(2)12(11)3;/h1,4-6H2,2-3H3;/q-1;. The van der Waals surface area contributed by atoms with Crippen molar-refractivity contribution in [3.05, 3.63) is 29.6 Å². The van der Waals surface area contributed by atoms with Gasteiger partial charge in [-0.3, -0.25) is 0 Å². The number of aryl methyl sites for hydroxylation is 1. The second kappa shape index (κ2) is 4.10. The molecule has 67 valence electrons. The van der Waals surface area contributed by atoms with Crippen molar-refractivity contribution in [1.29, 1.82) is 0 Å². The van der Waals surface area contributed by atoms with Gasteiger partial charge < -0.3 is 4.57 Å². The van der Waals surface area contributed by atoms with Crippen LogP contribution in [0.15, 0.2) is 6.58 Å². The van der Waals surface area contributed by atoms with E-state index in [9.17, 15) is 0 Å². The third-order valence-electron chi connectivity index (χ3n) is 2.75. The van der Waals surface area contributed by atoms with Gasteiger partial charge in [-0.15, -0.1) is 0 Å². The molecule has 0 N–H and O–H groups in total. The van der Waals surface area contributed by atoms with Gasteiger partial charge in [0.25, 0.3) is 0 Å². The van der Waals surface area contributed by atoms with Crippen LogP contribution in [0.1, 0.15) is 29.8 Å². The average molecular weight is 249 g/mol. The summed E-state index contributed by atoms with van der Waals surface area (Å²) >= 11 is 0. The van der Waals surface area contributed by atoms with Crippen LogP contribution in [0.2, 0.25) is 0 Å². The molecule has 0 saturated carbocycles. The van der Waals surface area contributed by atoms with Gasteiger partial charge >= 0.3 is 0 Å². The van der Waals surface area contributed by atoms with Crippen LogP contribution < -0.4 is 0 Å². The molecule has 1 heterocycles. The molecule has 0 unspecified atom stereocenters. The van der Waals surface area contributed by atoms with Gasteiger partial charge in [0.1, 0.15) is 0 Å². The third kappa shape index (κ3) is 1.82. The maximum Gasteiger partial charge on any atom is 0 e. The minimum atomic E-state index is 0. The quantitative estimate of drug-likeness (QED) is 0.622. The summed E-state index contributed by atoms with van der Waals surface area (Å²) in [7, 11) is 2.11. The van der Waals surface area contributed by atoms with E-state index in [0.29, 0.717) is 0 Å². The summed E-state index contributed by atoms with van der Waals surface area (Å²) in [4.78, 5) is 0. The van der Waals surface area contributed by atoms with Gasteiger partial charge in [0.2, 0.25) is 0 Å². The van der Waals surface area contributed by atoms with Gasteiger partial charge in [0.05, 0.1) is 0 Å². The second-order valence-electron chi connectivity index (χ2n) is 3.55. The predicted molar refractivity (Wildman–Crippen MR) is 51.0 cm³/mol. The molecule has 1 radical (unpaired) electrons. The smallest absolute Gasteiger partial charge is 0 e. The summed E-state index contributed by atoms with van der Waals surface area (Å²) < 4.78 is 2.24. The number of fused-ring (bicyclic) bond motifs is 1. The van der Waals surface area contributed by atoms with E-state index in [0.717, 1.165) is 6.42 Å². The van der Waals surface area contributed by atoms with Crippen LogP contribution in [-0.2, 0) is 46.2 Å². The van der Waals surface area contributed by atoms with Crippen LogP contribution in [0.3, 0.4) is 0 Å². The first kappa shape index (κ1) is 11.2. The van der Waals surface area contributed by atoms with Crippen LogP contribution in [0.5, 0.6) is 0 Å². The summed E-state index contributed by atoms with van der Waals surface area (Å²) in [6.07, 6.45) is 3.58. The van der Waals surface area contributed by atoms with E-state index >= 15 is 0 Å². The third-order valence-corrected chi connectivity index (χ3v) is 2.75. The van der Waals surface area contributed by atoms with E-state index in [4.69, 9.17) is 0 Å². The normalized spacial score (nSPS) is 15.1. The average Bonchev–Trinajstić information content (AvgIpc) is 2.32. The zero-order valence-electron chi connectivity index (χ0n) is 8.35. The van der Waals surface area contributed by atoms with Crippen LogP contribution in [-0.4, -0.2) is 4.57 Å². The van der Waals surface area contributed by atoms with Crippen LogP contribution in [0, 0.1) is 13.0 Å². The molecule has 1 nitrogen and oxygen atoms in total. The Labute approximate surface area is 105 Å². The van der Waals surface area contributed by atoms with Gasteiger partial charge in [0.15, 0.2) is 0 Å². The van der Waals surface area contributed by atoms with Gasteiger partial charge in [-0.05, 0) is 14.0 Å². The first-order valence-corrected chi connectivity index (χ1v) is 4.46. The van der Waals surface area contributed by atoms with Gasteiger partial charge in [-0.1, -0.05) is 30.7 Å². The molecule has 1 aliphatic carbocycles. The number of hydrogen-bond acceptors (Lipinski definition) is 0. The molecular weight excluding hydrogens is 235 g/mol. The maximum absolute atomic E-state index is 4.07. The molecule has 0 amide bonds. The minimum Gasteiger partial charge on any atom is -0.415 e. The van der Waals surface area contributed by atoms with Crippen molar-refractivity contribution in [2.75, 3.05) is 0 Å².